The van der Waals surface area contributed by atoms with Crippen LogP contribution in [-0.2, 0) is 0 Å². The molecule has 3 heterocycles. The first-order chi connectivity index (χ1) is 20.3. The van der Waals surface area contributed by atoms with Gasteiger partial charge in [0, 0.05) is 47.4 Å². The van der Waals surface area contributed by atoms with Gasteiger partial charge < -0.3 is 26.2 Å². The number of amides is 1. The molecule has 0 aliphatic carbocycles. The number of benzene rings is 2. The van der Waals surface area contributed by atoms with Crippen molar-refractivity contribution in [1.82, 2.24) is 9.97 Å². The number of nitrogens with zero attached hydrogens (tertiary/aromatic N) is 5. The zero-order valence-corrected chi connectivity index (χ0v) is 22.6. The van der Waals surface area contributed by atoms with Crippen LogP contribution in [0.15, 0.2) is 60.9 Å². The number of rotatable bonds is 7. The monoisotopic (exact) mass is 563 g/mol. The van der Waals surface area contributed by atoms with Crippen LogP contribution in [0.3, 0.4) is 0 Å². The van der Waals surface area contributed by atoms with Crippen LogP contribution in [0.4, 0.5) is 10.1 Å². The standard InChI is InChI=1S/C31H26FN7O3/c1-42-27-4-2-3-25(32)28(27)29-19(13-34)9-23(30(38-29)31(36)41)22-6-5-17(24-14-37-8-7-18(24)12-33)10-26(22)39-15-20(35)11-21(39)16-40/h2-10,14,20-21,40H,11,15-16,35H2,1H3,(H2,36,41)/t20-,21-/m0/s1. The third kappa shape index (κ3) is 4.99. The molecule has 2 aromatic carbocycles. The largest absolute Gasteiger partial charge is 0.496 e. The maximum Gasteiger partial charge on any atom is 0.267 e. The van der Waals surface area contributed by atoms with Crippen molar-refractivity contribution >= 4 is 11.6 Å². The molecule has 10 nitrogen and oxygen atoms in total. The highest BCUT2D eigenvalue weighted by molar-refractivity contribution is 6.01. The smallest absolute Gasteiger partial charge is 0.267 e. The van der Waals surface area contributed by atoms with Crippen molar-refractivity contribution in [2.75, 3.05) is 25.2 Å². The molecule has 1 fully saturated rings. The van der Waals surface area contributed by atoms with Crippen LogP contribution in [0.2, 0.25) is 0 Å². The van der Waals surface area contributed by atoms with Crippen molar-refractivity contribution in [3.8, 4) is 51.4 Å². The fourth-order valence-corrected chi connectivity index (χ4v) is 5.39. The van der Waals surface area contributed by atoms with Gasteiger partial charge >= 0.3 is 0 Å². The molecule has 2 aromatic heterocycles. The van der Waals surface area contributed by atoms with Gasteiger partial charge in [0.1, 0.15) is 23.3 Å². The van der Waals surface area contributed by atoms with Gasteiger partial charge in [-0.25, -0.2) is 9.37 Å². The first kappa shape index (κ1) is 28.2. The molecule has 1 aliphatic heterocycles. The highest BCUT2D eigenvalue weighted by atomic mass is 19.1. The number of nitrogens with two attached hydrogens (primary N) is 2. The topological polar surface area (TPSA) is 175 Å². The lowest BCUT2D eigenvalue weighted by Crippen LogP contribution is -2.33. The van der Waals surface area contributed by atoms with Gasteiger partial charge in [0.05, 0.1) is 48.2 Å². The van der Waals surface area contributed by atoms with Gasteiger partial charge in [0.2, 0.25) is 0 Å². The second-order valence-corrected chi connectivity index (χ2v) is 9.82. The number of primary amides is 1. The number of anilines is 1. The Morgan fingerprint density at radius 2 is 1.93 bits per heavy atom. The van der Waals surface area contributed by atoms with Crippen molar-refractivity contribution in [2.45, 2.75) is 18.5 Å². The van der Waals surface area contributed by atoms with Crippen LogP contribution in [-0.4, -0.2) is 53.3 Å². The van der Waals surface area contributed by atoms with E-state index >= 15 is 4.39 Å². The molecule has 5 rings (SSSR count). The molecule has 1 saturated heterocycles. The predicted octanol–water partition coefficient (Wildman–Crippen LogP) is 3.37. The molecule has 1 amide bonds. The summed E-state index contributed by atoms with van der Waals surface area (Å²) in [6, 6.07) is 16.2. The molecule has 5 N–H and O–H groups in total. The minimum Gasteiger partial charge on any atom is -0.496 e. The third-order valence-electron chi connectivity index (χ3n) is 7.32. The van der Waals surface area contributed by atoms with Gasteiger partial charge in [-0.15, -0.1) is 0 Å². The van der Waals surface area contributed by atoms with Gasteiger partial charge in [-0.2, -0.15) is 10.5 Å². The number of pyridine rings is 2. The number of aliphatic hydroxyl groups is 1. The molecule has 4 aromatic rings. The summed E-state index contributed by atoms with van der Waals surface area (Å²) >= 11 is 0. The summed E-state index contributed by atoms with van der Waals surface area (Å²) in [6.07, 6.45) is 3.63. The molecule has 42 heavy (non-hydrogen) atoms. The van der Waals surface area contributed by atoms with Gasteiger partial charge in [-0.1, -0.05) is 18.2 Å². The number of halogens is 1. The molecule has 2 atom stereocenters. The summed E-state index contributed by atoms with van der Waals surface area (Å²) in [5, 5.41) is 30.0. The molecule has 11 heteroatoms. The normalized spacial score (nSPS) is 16.1. The average molecular weight is 564 g/mol. The number of aliphatic hydroxyl groups excluding tert-OH is 1. The van der Waals surface area contributed by atoms with E-state index in [1.807, 2.05) is 11.0 Å². The van der Waals surface area contributed by atoms with Crippen molar-refractivity contribution < 1.29 is 19.0 Å². The summed E-state index contributed by atoms with van der Waals surface area (Å²) in [5.74, 6) is -1.45. The summed E-state index contributed by atoms with van der Waals surface area (Å²) in [4.78, 5) is 23.3. The Labute approximate surface area is 241 Å². The second kappa shape index (κ2) is 11.6. The van der Waals surface area contributed by atoms with Crippen LogP contribution < -0.4 is 21.1 Å². The summed E-state index contributed by atoms with van der Waals surface area (Å²) in [5.41, 5.74) is 14.7. The van der Waals surface area contributed by atoms with Gasteiger partial charge in [0.25, 0.3) is 5.91 Å². The van der Waals surface area contributed by atoms with Crippen molar-refractivity contribution in [2.24, 2.45) is 11.5 Å². The Hall–Kier alpha value is -5.36. The van der Waals surface area contributed by atoms with E-state index < -0.39 is 11.7 Å². The minimum atomic E-state index is -0.892. The van der Waals surface area contributed by atoms with E-state index in [0.29, 0.717) is 40.9 Å². The van der Waals surface area contributed by atoms with Gasteiger partial charge in [-0.05, 0) is 42.3 Å². The summed E-state index contributed by atoms with van der Waals surface area (Å²) in [6.45, 7) is 0.221. The maximum atomic E-state index is 15.0. The lowest BCUT2D eigenvalue weighted by Gasteiger charge is -2.29. The lowest BCUT2D eigenvalue weighted by atomic mass is 9.93. The Bertz CT molecular complexity index is 1780. The number of methoxy groups -OCH3 is 1. The fourth-order valence-electron chi connectivity index (χ4n) is 5.39. The van der Waals surface area contributed by atoms with E-state index in [1.165, 1.54) is 37.6 Å². The van der Waals surface area contributed by atoms with E-state index in [0.717, 1.165) is 0 Å². The van der Waals surface area contributed by atoms with E-state index in [4.69, 9.17) is 16.2 Å². The molecule has 0 saturated carbocycles. The average Bonchev–Trinajstić information content (AvgIpc) is 3.40. The molecule has 0 unspecified atom stereocenters. The highest BCUT2D eigenvalue weighted by Crippen LogP contribution is 2.42. The van der Waals surface area contributed by atoms with E-state index in [2.05, 4.69) is 22.1 Å². The predicted molar refractivity (Wildman–Crippen MR) is 154 cm³/mol. The zero-order chi connectivity index (χ0) is 30.0. The maximum absolute atomic E-state index is 15.0. The van der Waals surface area contributed by atoms with E-state index in [1.54, 1.807) is 24.4 Å². The molecule has 0 radical (unpaired) electrons. The van der Waals surface area contributed by atoms with Crippen LogP contribution >= 0.6 is 0 Å². The first-order valence-corrected chi connectivity index (χ1v) is 13.0. The number of nitriles is 2. The van der Waals surface area contributed by atoms with Crippen LogP contribution in [0.25, 0.3) is 33.5 Å². The number of hydrogen-bond acceptors (Lipinski definition) is 9. The molecule has 210 valence electrons. The first-order valence-electron chi connectivity index (χ1n) is 13.0. The summed E-state index contributed by atoms with van der Waals surface area (Å²) < 4.78 is 20.3. The Balaban J connectivity index is 1.80. The molecular weight excluding hydrogens is 537 g/mol. The van der Waals surface area contributed by atoms with Crippen LogP contribution in [0, 0.1) is 28.5 Å². The van der Waals surface area contributed by atoms with E-state index in [-0.39, 0.29) is 52.5 Å². The summed E-state index contributed by atoms with van der Waals surface area (Å²) in [7, 11) is 1.36. The third-order valence-corrected chi connectivity index (χ3v) is 7.32. The molecule has 1 aliphatic rings. The molecule has 0 bridgehead atoms. The number of carbonyl (C=O) groups excluding carboxylic acids is 1. The number of carbonyl (C=O) groups is 1. The SMILES string of the molecule is COc1cccc(F)c1-c1nc(C(N)=O)c(-c2ccc(-c3cnccc3C#N)cc2N2C[C@@H](N)C[C@H]2CO)cc1C#N. The Morgan fingerprint density at radius 1 is 1.14 bits per heavy atom. The quantitative estimate of drug-likeness (QED) is 0.304. The van der Waals surface area contributed by atoms with Crippen molar-refractivity contribution in [3.05, 3.63) is 83.6 Å². The van der Waals surface area contributed by atoms with Gasteiger partial charge in [-0.3, -0.25) is 9.78 Å². The van der Waals surface area contributed by atoms with Crippen LogP contribution in [0.5, 0.6) is 5.75 Å². The van der Waals surface area contributed by atoms with E-state index in [9.17, 15) is 20.4 Å². The molecule has 0 spiro atoms. The zero-order valence-electron chi connectivity index (χ0n) is 22.6. The van der Waals surface area contributed by atoms with Gasteiger partial charge in [0.15, 0.2) is 0 Å². The Morgan fingerprint density at radius 3 is 2.62 bits per heavy atom. The number of ether oxygens (including phenoxy) is 1. The molecular formula is C31H26FN7O3. The second-order valence-electron chi connectivity index (χ2n) is 9.82. The lowest BCUT2D eigenvalue weighted by molar-refractivity contribution is 0.0996. The van der Waals surface area contributed by atoms with Crippen LogP contribution in [0.1, 0.15) is 28.0 Å². The number of aromatic nitrogens is 2. The minimum absolute atomic E-state index is 0.00992. The van der Waals surface area contributed by atoms with Crippen molar-refractivity contribution in [3.63, 3.8) is 0 Å². The fraction of sp³-hybridized carbons (Fsp3) is 0.194. The van der Waals surface area contributed by atoms with Crippen molar-refractivity contribution in [1.29, 1.82) is 10.5 Å². The number of hydrogen-bond donors (Lipinski definition) is 3. The highest BCUT2D eigenvalue weighted by Gasteiger charge is 2.33. The Kier molecular flexibility index (Phi) is 7.80.